The first-order valence-electron chi connectivity index (χ1n) is 10.4. The molecule has 0 unspecified atom stereocenters. The Morgan fingerprint density at radius 3 is 2.70 bits per heavy atom. The Hall–Kier alpha value is -2.70. The molecule has 1 aliphatic heterocycles. The van der Waals surface area contributed by atoms with Gasteiger partial charge in [-0.25, -0.2) is 0 Å². The predicted molar refractivity (Wildman–Crippen MR) is 119 cm³/mol. The zero-order valence-corrected chi connectivity index (χ0v) is 18.2. The second kappa shape index (κ2) is 8.98. The molecule has 1 amide bonds. The van der Waals surface area contributed by atoms with Crippen molar-refractivity contribution in [2.75, 3.05) is 13.1 Å². The second-order valence-corrected chi connectivity index (χ2v) is 9.09. The highest BCUT2D eigenvalue weighted by molar-refractivity contribution is 7.10. The molecule has 5 nitrogen and oxygen atoms in total. The molecule has 6 heteroatoms. The van der Waals surface area contributed by atoms with Crippen molar-refractivity contribution >= 4 is 17.2 Å². The van der Waals surface area contributed by atoms with Crippen LogP contribution < -0.4 is 10.0 Å². The molecule has 1 N–H and O–H groups in total. The summed E-state index contributed by atoms with van der Waals surface area (Å²) in [7, 11) is 0. The van der Waals surface area contributed by atoms with Crippen LogP contribution in [0.4, 0.5) is 0 Å². The molecule has 0 fully saturated rings. The molecule has 0 aliphatic carbocycles. The zero-order chi connectivity index (χ0) is 21.1. The van der Waals surface area contributed by atoms with Crippen LogP contribution in [0.3, 0.4) is 0 Å². The highest BCUT2D eigenvalue weighted by Crippen LogP contribution is 2.31. The number of thiophene rings is 1. The number of pyridine rings is 1. The number of nitrogens with zero attached hydrogens (tertiary/aromatic N) is 2. The van der Waals surface area contributed by atoms with Gasteiger partial charge in [-0.2, -0.15) is 4.73 Å². The SMILES string of the molecule is CC(C)c1ccc([C@@H](CNC(=O)c2ccc[n+]([O-])c2)N2CCc3sccc3C2)cc1. The number of rotatable bonds is 6. The largest absolute Gasteiger partial charge is 0.619 e. The lowest BCUT2D eigenvalue weighted by atomic mass is 9.97. The third-order valence-electron chi connectivity index (χ3n) is 5.76. The highest BCUT2D eigenvalue weighted by Gasteiger charge is 2.26. The smallest absolute Gasteiger partial charge is 0.257 e. The Morgan fingerprint density at radius 2 is 1.97 bits per heavy atom. The number of benzene rings is 1. The van der Waals surface area contributed by atoms with Gasteiger partial charge in [-0.1, -0.05) is 38.1 Å². The molecule has 0 saturated carbocycles. The molecular weight excluding hydrogens is 394 g/mol. The van der Waals surface area contributed by atoms with E-state index >= 15 is 0 Å². The van der Waals surface area contributed by atoms with E-state index < -0.39 is 0 Å². The van der Waals surface area contributed by atoms with Crippen molar-refractivity contribution in [2.45, 2.75) is 38.8 Å². The van der Waals surface area contributed by atoms with E-state index in [2.05, 4.69) is 59.8 Å². The molecule has 2 aromatic heterocycles. The molecule has 3 aromatic rings. The maximum absolute atomic E-state index is 12.6. The van der Waals surface area contributed by atoms with Gasteiger partial charge in [-0.15, -0.1) is 11.3 Å². The van der Waals surface area contributed by atoms with Crippen LogP contribution in [0.1, 0.15) is 57.7 Å². The van der Waals surface area contributed by atoms with E-state index in [9.17, 15) is 10.0 Å². The van der Waals surface area contributed by atoms with Crippen molar-refractivity contribution in [2.24, 2.45) is 0 Å². The zero-order valence-electron chi connectivity index (χ0n) is 17.4. The fourth-order valence-electron chi connectivity index (χ4n) is 3.98. The van der Waals surface area contributed by atoms with Crippen molar-refractivity contribution < 1.29 is 9.52 Å². The minimum Gasteiger partial charge on any atom is -0.619 e. The number of nitrogens with one attached hydrogen (secondary N) is 1. The minimum absolute atomic E-state index is 0.0753. The van der Waals surface area contributed by atoms with Gasteiger partial charge in [0.15, 0.2) is 12.4 Å². The molecule has 1 atom stereocenters. The van der Waals surface area contributed by atoms with Gasteiger partial charge in [0.1, 0.15) is 5.56 Å². The summed E-state index contributed by atoms with van der Waals surface area (Å²) in [6.45, 7) is 6.73. The quantitative estimate of drug-likeness (QED) is 0.483. The van der Waals surface area contributed by atoms with E-state index in [1.165, 1.54) is 34.0 Å². The number of aromatic nitrogens is 1. The van der Waals surface area contributed by atoms with Crippen molar-refractivity contribution in [1.29, 1.82) is 0 Å². The monoisotopic (exact) mass is 421 g/mol. The molecular formula is C24H27N3O2S. The van der Waals surface area contributed by atoms with Crippen molar-refractivity contribution in [3.05, 3.63) is 92.6 Å². The molecule has 30 heavy (non-hydrogen) atoms. The Bertz CT molecular complexity index is 1010. The van der Waals surface area contributed by atoms with Crippen LogP contribution in [-0.2, 0) is 13.0 Å². The third kappa shape index (κ3) is 4.55. The molecule has 156 valence electrons. The summed E-state index contributed by atoms with van der Waals surface area (Å²) in [6.07, 6.45) is 3.72. The molecule has 0 radical (unpaired) electrons. The van der Waals surface area contributed by atoms with Gasteiger partial charge in [-0.05, 0) is 46.5 Å². The summed E-state index contributed by atoms with van der Waals surface area (Å²) in [5.74, 6) is 0.259. The second-order valence-electron chi connectivity index (χ2n) is 8.09. The normalized spacial score (nSPS) is 15.0. The lowest BCUT2D eigenvalue weighted by molar-refractivity contribution is -0.605. The first-order chi connectivity index (χ1) is 14.5. The van der Waals surface area contributed by atoms with Gasteiger partial charge >= 0.3 is 0 Å². The van der Waals surface area contributed by atoms with Crippen LogP contribution in [0.5, 0.6) is 0 Å². The van der Waals surface area contributed by atoms with Crippen molar-refractivity contribution in [1.82, 2.24) is 10.2 Å². The summed E-state index contributed by atoms with van der Waals surface area (Å²) in [5.41, 5.74) is 4.27. The van der Waals surface area contributed by atoms with Gasteiger partial charge in [-0.3, -0.25) is 9.69 Å². The summed E-state index contributed by atoms with van der Waals surface area (Å²) in [5, 5.41) is 16.7. The van der Waals surface area contributed by atoms with E-state index in [-0.39, 0.29) is 11.9 Å². The van der Waals surface area contributed by atoms with Gasteiger partial charge in [0, 0.05) is 30.6 Å². The maximum atomic E-state index is 12.6. The van der Waals surface area contributed by atoms with Crippen LogP contribution in [0.15, 0.2) is 60.2 Å². The molecule has 0 saturated heterocycles. The lowest BCUT2D eigenvalue weighted by Crippen LogP contribution is -2.40. The molecule has 1 aromatic carbocycles. The van der Waals surface area contributed by atoms with E-state index in [1.807, 2.05) is 11.3 Å². The summed E-state index contributed by atoms with van der Waals surface area (Å²) in [6, 6.07) is 14.3. The van der Waals surface area contributed by atoms with E-state index in [4.69, 9.17) is 0 Å². The number of amides is 1. The number of fused-ring (bicyclic) bond motifs is 1. The van der Waals surface area contributed by atoms with Gasteiger partial charge in [0.05, 0.1) is 6.04 Å². The fourth-order valence-corrected chi connectivity index (χ4v) is 4.87. The van der Waals surface area contributed by atoms with E-state index in [0.29, 0.717) is 22.8 Å². The molecule has 4 rings (SSSR count). The lowest BCUT2D eigenvalue weighted by Gasteiger charge is -2.35. The summed E-state index contributed by atoms with van der Waals surface area (Å²) >= 11 is 1.83. The Balaban J connectivity index is 1.54. The highest BCUT2D eigenvalue weighted by atomic mass is 32.1. The minimum atomic E-state index is -0.225. The fraction of sp³-hybridized carbons (Fsp3) is 0.333. The molecule has 0 spiro atoms. The Labute approximate surface area is 181 Å². The summed E-state index contributed by atoms with van der Waals surface area (Å²) in [4.78, 5) is 16.5. The van der Waals surface area contributed by atoms with Gasteiger partial charge < -0.3 is 10.5 Å². The van der Waals surface area contributed by atoms with Crippen molar-refractivity contribution in [3.63, 3.8) is 0 Å². The van der Waals surface area contributed by atoms with Crippen LogP contribution in [-0.4, -0.2) is 23.9 Å². The molecule has 0 bridgehead atoms. The average Bonchev–Trinajstić information content (AvgIpc) is 3.22. The molecule has 1 aliphatic rings. The van der Waals surface area contributed by atoms with Gasteiger partial charge in [0.2, 0.25) is 0 Å². The predicted octanol–water partition coefficient (Wildman–Crippen LogP) is 4.03. The Kier molecular flexibility index (Phi) is 6.16. The van der Waals surface area contributed by atoms with Crippen LogP contribution in [0, 0.1) is 5.21 Å². The summed E-state index contributed by atoms with van der Waals surface area (Å²) < 4.78 is 0.653. The van der Waals surface area contributed by atoms with Gasteiger partial charge in [0.25, 0.3) is 5.91 Å². The standard InChI is InChI=1S/C24H27N3O2S/c1-17(2)18-5-7-19(8-6-18)22(26-12-9-23-20(15-26)10-13-30-23)14-25-24(28)21-4-3-11-27(29)16-21/h3-8,10-11,13,16-17,22H,9,12,14-15H2,1-2H3,(H,25,28)/t22-/m1/s1. The molecule has 3 heterocycles. The van der Waals surface area contributed by atoms with E-state index in [1.54, 1.807) is 12.1 Å². The topological polar surface area (TPSA) is 59.3 Å². The average molecular weight is 422 g/mol. The van der Waals surface area contributed by atoms with Crippen LogP contribution in [0.2, 0.25) is 0 Å². The van der Waals surface area contributed by atoms with Crippen LogP contribution in [0.25, 0.3) is 0 Å². The van der Waals surface area contributed by atoms with E-state index in [0.717, 1.165) is 19.5 Å². The number of carbonyl (C=O) groups is 1. The first kappa shape index (κ1) is 20.6. The third-order valence-corrected chi connectivity index (χ3v) is 6.78. The number of carbonyl (C=O) groups excluding carboxylic acids is 1. The van der Waals surface area contributed by atoms with Crippen molar-refractivity contribution in [3.8, 4) is 0 Å². The number of hydrogen-bond donors (Lipinski definition) is 1. The first-order valence-corrected chi connectivity index (χ1v) is 11.3. The van der Waals surface area contributed by atoms with Crippen LogP contribution >= 0.6 is 11.3 Å². The maximum Gasteiger partial charge on any atom is 0.257 e. The Morgan fingerprint density at radius 1 is 1.20 bits per heavy atom. The number of hydrogen-bond acceptors (Lipinski definition) is 4.